The van der Waals surface area contributed by atoms with E-state index < -0.39 is 0 Å². The Morgan fingerprint density at radius 3 is 1.71 bits per heavy atom. The molecule has 0 aliphatic carbocycles. The summed E-state index contributed by atoms with van der Waals surface area (Å²) in [6.07, 6.45) is 1.81. The smallest absolute Gasteiger partial charge is 0.164 e. The normalized spacial score (nSPS) is 11.3. The lowest BCUT2D eigenvalue weighted by molar-refractivity contribution is 1.07. The molecule has 3 heterocycles. The second kappa shape index (κ2) is 12.1. The number of imidazole rings is 1. The van der Waals surface area contributed by atoms with Gasteiger partial charge in [0.25, 0.3) is 0 Å². The van der Waals surface area contributed by atoms with Crippen molar-refractivity contribution in [2.45, 2.75) is 0 Å². The number of rotatable bonds is 6. The van der Waals surface area contributed by atoms with Gasteiger partial charge in [-0.3, -0.25) is 9.55 Å². The zero-order valence-corrected chi connectivity index (χ0v) is 26.3. The van der Waals surface area contributed by atoms with E-state index in [1.54, 1.807) is 6.20 Å². The van der Waals surface area contributed by atoms with Crippen LogP contribution in [-0.2, 0) is 0 Å². The molecule has 0 radical (unpaired) electrons. The standard InChI is InChI=1S/C43H28N6/c1-3-12-29(13-4-1)40-46-41(30-14-5-2-6-15-30)48-42(47-40)35-17-11-16-31(27-35)32-21-22-34-28-36(24-23-33(34)26-32)49-39-20-8-7-18-37(39)45-43(49)38-19-9-10-25-44-38/h1-28H. The summed E-state index contributed by atoms with van der Waals surface area (Å²) in [6.45, 7) is 0. The molecule has 0 unspecified atom stereocenters. The van der Waals surface area contributed by atoms with Crippen LogP contribution >= 0.6 is 0 Å². The Kier molecular flexibility index (Phi) is 7.02. The zero-order chi connectivity index (χ0) is 32.6. The molecule has 0 saturated heterocycles. The van der Waals surface area contributed by atoms with Gasteiger partial charge in [-0.2, -0.15) is 0 Å². The number of benzene rings is 6. The molecule has 6 aromatic carbocycles. The second-order valence-electron chi connectivity index (χ2n) is 11.8. The molecule has 9 rings (SSSR count). The summed E-state index contributed by atoms with van der Waals surface area (Å²) < 4.78 is 2.19. The van der Waals surface area contributed by atoms with Crippen LogP contribution in [0, 0.1) is 0 Å². The minimum atomic E-state index is 0.635. The van der Waals surface area contributed by atoms with Crippen molar-refractivity contribution >= 4 is 21.8 Å². The predicted octanol–water partition coefficient (Wildman–Crippen LogP) is 10.1. The van der Waals surface area contributed by atoms with Gasteiger partial charge in [0.15, 0.2) is 23.3 Å². The molecule has 0 spiro atoms. The van der Waals surface area contributed by atoms with E-state index in [9.17, 15) is 0 Å². The summed E-state index contributed by atoms with van der Waals surface area (Å²) in [5.41, 5.74) is 8.87. The number of hydrogen-bond acceptors (Lipinski definition) is 5. The fourth-order valence-electron chi connectivity index (χ4n) is 6.28. The number of fused-ring (bicyclic) bond motifs is 2. The molecule has 3 aromatic heterocycles. The van der Waals surface area contributed by atoms with E-state index >= 15 is 0 Å². The molecule has 0 aliphatic heterocycles. The molecule has 0 amide bonds. The van der Waals surface area contributed by atoms with Crippen LogP contribution in [0.25, 0.3) is 84.3 Å². The Hall–Kier alpha value is -6.79. The predicted molar refractivity (Wildman–Crippen MR) is 197 cm³/mol. The fourth-order valence-corrected chi connectivity index (χ4v) is 6.28. The Morgan fingerprint density at radius 2 is 0.980 bits per heavy atom. The lowest BCUT2D eigenvalue weighted by Gasteiger charge is -2.12. The van der Waals surface area contributed by atoms with Crippen LogP contribution < -0.4 is 0 Å². The molecular formula is C43H28N6. The lowest BCUT2D eigenvalue weighted by Crippen LogP contribution is -2.00. The lowest BCUT2D eigenvalue weighted by atomic mass is 9.99. The van der Waals surface area contributed by atoms with Crippen molar-refractivity contribution in [1.82, 2.24) is 29.5 Å². The Morgan fingerprint density at radius 1 is 0.388 bits per heavy atom. The van der Waals surface area contributed by atoms with Gasteiger partial charge in [0.05, 0.1) is 11.0 Å². The van der Waals surface area contributed by atoms with E-state index in [4.69, 9.17) is 19.9 Å². The average molecular weight is 629 g/mol. The van der Waals surface area contributed by atoms with Crippen LogP contribution in [0.2, 0.25) is 0 Å². The van der Waals surface area contributed by atoms with Crippen molar-refractivity contribution in [3.8, 4) is 62.5 Å². The monoisotopic (exact) mass is 628 g/mol. The maximum absolute atomic E-state index is 4.96. The highest BCUT2D eigenvalue weighted by atomic mass is 15.1. The quantitative estimate of drug-likeness (QED) is 0.183. The van der Waals surface area contributed by atoms with Crippen molar-refractivity contribution in [1.29, 1.82) is 0 Å². The summed E-state index contributed by atoms with van der Waals surface area (Å²) in [5.74, 6) is 2.75. The highest BCUT2D eigenvalue weighted by Gasteiger charge is 2.16. The minimum Gasteiger partial charge on any atom is -0.291 e. The van der Waals surface area contributed by atoms with Crippen LogP contribution in [0.5, 0.6) is 0 Å². The molecule has 6 nitrogen and oxygen atoms in total. The first kappa shape index (κ1) is 28.4. The number of nitrogens with zero attached hydrogens (tertiary/aromatic N) is 6. The molecule has 9 aromatic rings. The Bertz CT molecular complexity index is 2540. The van der Waals surface area contributed by atoms with Gasteiger partial charge >= 0.3 is 0 Å². The molecule has 0 bridgehead atoms. The van der Waals surface area contributed by atoms with E-state index in [1.165, 1.54) is 0 Å². The topological polar surface area (TPSA) is 69.4 Å². The van der Waals surface area contributed by atoms with Gasteiger partial charge in [-0.25, -0.2) is 19.9 Å². The third-order valence-corrected chi connectivity index (χ3v) is 8.69. The van der Waals surface area contributed by atoms with E-state index in [-0.39, 0.29) is 0 Å². The van der Waals surface area contributed by atoms with Gasteiger partial charge in [0.1, 0.15) is 5.69 Å². The highest BCUT2D eigenvalue weighted by Crippen LogP contribution is 2.33. The van der Waals surface area contributed by atoms with Gasteiger partial charge in [0.2, 0.25) is 0 Å². The van der Waals surface area contributed by atoms with Gasteiger partial charge in [-0.05, 0) is 70.4 Å². The van der Waals surface area contributed by atoms with Crippen molar-refractivity contribution < 1.29 is 0 Å². The number of hydrogen-bond donors (Lipinski definition) is 0. The summed E-state index contributed by atoms with van der Waals surface area (Å²) in [4.78, 5) is 24.3. The van der Waals surface area contributed by atoms with Gasteiger partial charge in [-0.15, -0.1) is 0 Å². The largest absolute Gasteiger partial charge is 0.291 e. The van der Waals surface area contributed by atoms with E-state index in [0.29, 0.717) is 17.5 Å². The maximum atomic E-state index is 4.96. The number of pyridine rings is 1. The van der Waals surface area contributed by atoms with E-state index in [1.807, 2.05) is 97.1 Å². The summed E-state index contributed by atoms with van der Waals surface area (Å²) in [5, 5.41) is 2.29. The summed E-state index contributed by atoms with van der Waals surface area (Å²) in [6, 6.07) is 55.8. The molecule has 0 atom stereocenters. The summed E-state index contributed by atoms with van der Waals surface area (Å²) >= 11 is 0. The van der Waals surface area contributed by atoms with Crippen LogP contribution in [0.3, 0.4) is 0 Å². The molecule has 49 heavy (non-hydrogen) atoms. The minimum absolute atomic E-state index is 0.635. The molecular weight excluding hydrogens is 601 g/mol. The van der Waals surface area contributed by atoms with Crippen LogP contribution in [-0.4, -0.2) is 29.5 Å². The highest BCUT2D eigenvalue weighted by molar-refractivity contribution is 5.91. The fraction of sp³-hybridized carbons (Fsp3) is 0. The van der Waals surface area contributed by atoms with Crippen molar-refractivity contribution in [2.75, 3.05) is 0 Å². The van der Waals surface area contributed by atoms with Gasteiger partial charge in [-0.1, -0.05) is 115 Å². The first-order chi connectivity index (χ1) is 24.3. The maximum Gasteiger partial charge on any atom is 0.164 e. The molecule has 0 N–H and O–H groups in total. The van der Waals surface area contributed by atoms with Crippen molar-refractivity contribution in [3.05, 3.63) is 170 Å². The molecule has 6 heteroatoms. The zero-order valence-electron chi connectivity index (χ0n) is 26.3. The molecule has 0 fully saturated rings. The molecule has 0 saturated carbocycles. The third-order valence-electron chi connectivity index (χ3n) is 8.69. The average Bonchev–Trinajstić information content (AvgIpc) is 3.58. The second-order valence-corrected chi connectivity index (χ2v) is 11.8. The van der Waals surface area contributed by atoms with Crippen molar-refractivity contribution in [3.63, 3.8) is 0 Å². The van der Waals surface area contributed by atoms with Crippen LogP contribution in [0.15, 0.2) is 170 Å². The number of aromatic nitrogens is 6. The Balaban J connectivity index is 1.11. The number of para-hydroxylation sites is 2. The molecule has 230 valence electrons. The van der Waals surface area contributed by atoms with Gasteiger partial charge < -0.3 is 0 Å². The van der Waals surface area contributed by atoms with Crippen molar-refractivity contribution in [2.24, 2.45) is 0 Å². The summed E-state index contributed by atoms with van der Waals surface area (Å²) in [7, 11) is 0. The van der Waals surface area contributed by atoms with E-state index in [2.05, 4.69) is 76.3 Å². The van der Waals surface area contributed by atoms with Crippen LogP contribution in [0.1, 0.15) is 0 Å². The molecule has 0 aliphatic rings. The Labute approximate surface area is 283 Å². The van der Waals surface area contributed by atoms with Crippen LogP contribution in [0.4, 0.5) is 0 Å². The SMILES string of the molecule is c1ccc(-c2nc(-c3ccccc3)nc(-c3cccc(-c4ccc5cc(-n6c(-c7ccccn7)nc7ccccc76)ccc5c4)c3)n2)cc1. The van der Waals surface area contributed by atoms with Gasteiger partial charge in [0, 0.05) is 28.6 Å². The van der Waals surface area contributed by atoms with E-state index in [0.717, 1.165) is 66.8 Å². The first-order valence-corrected chi connectivity index (χ1v) is 16.2. The third kappa shape index (κ3) is 5.41. The first-order valence-electron chi connectivity index (χ1n) is 16.2.